The fraction of sp³-hybridized carbons (Fsp3) is 0.429. The molecule has 0 aromatic heterocycles. The molecule has 1 aromatic rings. The topological polar surface area (TPSA) is 70.1 Å². The molecule has 1 unspecified atom stereocenters. The highest BCUT2D eigenvalue weighted by molar-refractivity contribution is 8.00. The lowest BCUT2D eigenvalue weighted by Gasteiger charge is -2.19. The number of rotatable bonds is 7. The molecule has 1 aromatic carbocycles. The summed E-state index contributed by atoms with van der Waals surface area (Å²) < 4.78 is 0. The van der Waals surface area contributed by atoms with Crippen molar-refractivity contribution in [1.82, 2.24) is 0 Å². The van der Waals surface area contributed by atoms with Gasteiger partial charge in [-0.3, -0.25) is 9.69 Å². The van der Waals surface area contributed by atoms with E-state index in [9.17, 15) is 4.79 Å². The first-order valence-electron chi connectivity index (χ1n) is 6.24. The van der Waals surface area contributed by atoms with E-state index in [4.69, 9.17) is 11.0 Å². The molecule has 0 saturated heterocycles. The zero-order valence-corrected chi connectivity index (χ0v) is 11.9. The molecular formula is C14H19N3OS. The Kier molecular flexibility index (Phi) is 7.01. The average Bonchev–Trinajstić information content (AvgIpc) is 2.45. The molecule has 0 saturated carbocycles. The summed E-state index contributed by atoms with van der Waals surface area (Å²) in [5.41, 5.74) is 6.57. The Labute approximate surface area is 118 Å². The normalized spacial score (nSPS) is 11.6. The van der Waals surface area contributed by atoms with Crippen molar-refractivity contribution in [3.63, 3.8) is 0 Å². The van der Waals surface area contributed by atoms with Gasteiger partial charge in [-0.2, -0.15) is 17.0 Å². The van der Waals surface area contributed by atoms with Gasteiger partial charge in [0.2, 0.25) is 5.91 Å². The van der Waals surface area contributed by atoms with Crippen LogP contribution in [-0.4, -0.2) is 30.0 Å². The molecule has 4 nitrogen and oxygen atoms in total. The van der Waals surface area contributed by atoms with E-state index in [2.05, 4.69) is 0 Å². The number of benzene rings is 1. The second-order valence-corrected chi connectivity index (χ2v) is 5.19. The van der Waals surface area contributed by atoms with Gasteiger partial charge in [0.05, 0.1) is 11.8 Å². The highest BCUT2D eigenvalue weighted by Crippen LogP contribution is 2.15. The summed E-state index contributed by atoms with van der Waals surface area (Å²) in [6.07, 6.45) is 0.905. The van der Waals surface area contributed by atoms with Crippen LogP contribution < -0.4 is 10.6 Å². The molecule has 0 spiro atoms. The van der Waals surface area contributed by atoms with Crippen molar-refractivity contribution in [2.75, 3.05) is 23.0 Å². The first kappa shape index (κ1) is 15.5. The number of para-hydroxylation sites is 1. The lowest BCUT2D eigenvalue weighted by atomic mass is 10.3. The lowest BCUT2D eigenvalue weighted by molar-refractivity contribution is -0.116. The predicted octanol–water partition coefficient (Wildman–Crippen LogP) is 2.01. The first-order valence-corrected chi connectivity index (χ1v) is 7.40. The highest BCUT2D eigenvalue weighted by atomic mass is 32.2. The van der Waals surface area contributed by atoms with Gasteiger partial charge in [-0.05, 0) is 18.6 Å². The predicted molar refractivity (Wildman–Crippen MR) is 80.0 cm³/mol. The Hall–Kier alpha value is -1.51. The maximum Gasteiger partial charge on any atom is 0.237 e. The van der Waals surface area contributed by atoms with Crippen LogP contribution in [0.2, 0.25) is 0 Å². The Morgan fingerprint density at radius 1 is 1.47 bits per heavy atom. The van der Waals surface area contributed by atoms with Crippen molar-refractivity contribution in [2.45, 2.75) is 19.4 Å². The van der Waals surface area contributed by atoms with E-state index in [1.165, 1.54) is 16.7 Å². The number of carbonyl (C=O) groups is 1. The second kappa shape index (κ2) is 8.57. The van der Waals surface area contributed by atoms with Gasteiger partial charge < -0.3 is 5.73 Å². The van der Waals surface area contributed by atoms with Gasteiger partial charge in [0, 0.05) is 17.5 Å². The van der Waals surface area contributed by atoms with Gasteiger partial charge in [0.25, 0.3) is 0 Å². The van der Waals surface area contributed by atoms with Crippen molar-refractivity contribution >= 4 is 23.4 Å². The minimum atomic E-state index is -0.0546. The number of anilines is 1. The number of hydrogen-bond acceptors (Lipinski definition) is 4. The van der Waals surface area contributed by atoms with E-state index in [0.717, 1.165) is 17.9 Å². The third-order valence-electron chi connectivity index (χ3n) is 2.68. The van der Waals surface area contributed by atoms with Gasteiger partial charge in [-0.15, -0.1) is 0 Å². The molecule has 0 heterocycles. The zero-order chi connectivity index (χ0) is 14.1. The summed E-state index contributed by atoms with van der Waals surface area (Å²) in [5, 5.41) is 8.83. The number of amides is 1. The molecule has 1 amide bonds. The van der Waals surface area contributed by atoms with Crippen molar-refractivity contribution in [1.29, 1.82) is 5.26 Å². The number of carbonyl (C=O) groups excluding carboxylic acids is 1. The Bertz CT molecular complexity index is 430. The summed E-state index contributed by atoms with van der Waals surface area (Å²) >= 11 is 1.52. The summed E-state index contributed by atoms with van der Waals surface area (Å²) in [7, 11) is 0. The van der Waals surface area contributed by atoms with Gasteiger partial charge in [-0.25, -0.2) is 0 Å². The molecule has 5 heteroatoms. The van der Waals surface area contributed by atoms with Crippen LogP contribution in [-0.2, 0) is 4.79 Å². The van der Waals surface area contributed by atoms with Crippen molar-refractivity contribution < 1.29 is 4.79 Å². The Balaban J connectivity index is 2.57. The van der Waals surface area contributed by atoms with E-state index in [1.807, 2.05) is 43.3 Å². The van der Waals surface area contributed by atoms with Crippen molar-refractivity contribution in [2.24, 2.45) is 5.73 Å². The van der Waals surface area contributed by atoms with E-state index in [1.54, 1.807) is 0 Å². The van der Waals surface area contributed by atoms with Crippen LogP contribution in [0.15, 0.2) is 30.3 Å². The van der Waals surface area contributed by atoms with Crippen LogP contribution in [0.25, 0.3) is 0 Å². The molecule has 0 aliphatic heterocycles. The third-order valence-corrected chi connectivity index (χ3v) is 3.79. The molecule has 102 valence electrons. The zero-order valence-electron chi connectivity index (χ0n) is 11.1. The second-order valence-electron chi connectivity index (χ2n) is 4.16. The maximum atomic E-state index is 12.1. The maximum absolute atomic E-state index is 12.1. The average molecular weight is 277 g/mol. The van der Waals surface area contributed by atoms with Crippen LogP contribution in [0.1, 0.15) is 13.3 Å². The highest BCUT2D eigenvalue weighted by Gasteiger charge is 2.15. The molecule has 0 radical (unpaired) electrons. The number of nitrogens with zero attached hydrogens (tertiary/aromatic N) is 2. The summed E-state index contributed by atoms with van der Waals surface area (Å²) in [4.78, 5) is 13.6. The fourth-order valence-corrected chi connectivity index (χ4v) is 2.48. The van der Waals surface area contributed by atoms with Crippen LogP contribution in [0, 0.1) is 11.3 Å². The molecule has 0 bridgehead atoms. The van der Waals surface area contributed by atoms with E-state index >= 15 is 0 Å². The standard InChI is InChI=1S/C14H19N3OS/c1-2-12(16)10-19-11-14(18)17(9-8-15)13-6-4-3-5-7-13/h3-7,12H,2,9-11,16H2,1H3. The molecule has 0 aliphatic carbocycles. The van der Waals surface area contributed by atoms with E-state index in [-0.39, 0.29) is 18.5 Å². The molecule has 2 N–H and O–H groups in total. The van der Waals surface area contributed by atoms with Crippen molar-refractivity contribution in [3.05, 3.63) is 30.3 Å². The lowest BCUT2D eigenvalue weighted by Crippen LogP contribution is -2.33. The number of thioether (sulfide) groups is 1. The largest absolute Gasteiger partial charge is 0.327 e. The van der Waals surface area contributed by atoms with E-state index < -0.39 is 0 Å². The minimum Gasteiger partial charge on any atom is -0.327 e. The molecule has 1 rings (SSSR count). The molecular weight excluding hydrogens is 258 g/mol. The van der Waals surface area contributed by atoms with Gasteiger partial charge in [0.15, 0.2) is 0 Å². The molecule has 0 fully saturated rings. The van der Waals surface area contributed by atoms with Crippen LogP contribution in [0.5, 0.6) is 0 Å². The first-order chi connectivity index (χ1) is 9.19. The van der Waals surface area contributed by atoms with Gasteiger partial charge >= 0.3 is 0 Å². The summed E-state index contributed by atoms with van der Waals surface area (Å²) in [6, 6.07) is 11.4. The number of nitriles is 1. The van der Waals surface area contributed by atoms with Crippen molar-refractivity contribution in [3.8, 4) is 6.07 Å². The Morgan fingerprint density at radius 3 is 2.74 bits per heavy atom. The number of hydrogen-bond donors (Lipinski definition) is 1. The number of nitrogens with two attached hydrogens (primary N) is 1. The monoisotopic (exact) mass is 277 g/mol. The minimum absolute atomic E-state index is 0.0546. The smallest absolute Gasteiger partial charge is 0.237 e. The summed E-state index contributed by atoms with van der Waals surface area (Å²) in [5.74, 6) is 1.06. The van der Waals surface area contributed by atoms with E-state index in [0.29, 0.717) is 5.75 Å². The van der Waals surface area contributed by atoms with Crippen LogP contribution in [0.4, 0.5) is 5.69 Å². The molecule has 19 heavy (non-hydrogen) atoms. The molecule has 1 atom stereocenters. The third kappa shape index (κ3) is 5.33. The molecule has 0 aliphatic rings. The van der Waals surface area contributed by atoms with Crippen LogP contribution in [0.3, 0.4) is 0 Å². The quantitative estimate of drug-likeness (QED) is 0.774. The van der Waals surface area contributed by atoms with Gasteiger partial charge in [0.1, 0.15) is 6.54 Å². The summed E-state index contributed by atoms with van der Waals surface area (Å²) in [6.45, 7) is 2.10. The van der Waals surface area contributed by atoms with Gasteiger partial charge in [-0.1, -0.05) is 25.1 Å². The fourth-order valence-electron chi connectivity index (χ4n) is 1.50. The SMILES string of the molecule is CCC(N)CSCC(=O)N(CC#N)c1ccccc1. The van der Waals surface area contributed by atoms with Crippen LogP contribution >= 0.6 is 11.8 Å². The Morgan fingerprint density at radius 2 is 2.16 bits per heavy atom.